The van der Waals surface area contributed by atoms with Crippen molar-refractivity contribution in [1.29, 1.82) is 0 Å². The molecule has 0 amide bonds. The van der Waals surface area contributed by atoms with E-state index in [1.807, 2.05) is 12.1 Å². The molecule has 0 radical (unpaired) electrons. The van der Waals surface area contributed by atoms with Crippen LogP contribution in [0.25, 0.3) is 11.3 Å². The minimum absolute atomic E-state index is 0.0127. The third kappa shape index (κ3) is 3.98. The second-order valence-corrected chi connectivity index (χ2v) is 6.76. The number of aromatic nitrogens is 2. The highest BCUT2D eigenvalue weighted by Gasteiger charge is 2.15. The highest BCUT2D eigenvalue weighted by molar-refractivity contribution is 7.92. The van der Waals surface area contributed by atoms with E-state index in [1.54, 1.807) is 31.6 Å². The van der Waals surface area contributed by atoms with Crippen LogP contribution in [-0.2, 0) is 10.0 Å². The number of nitrogens with one attached hydrogen (secondary N) is 2. The largest absolute Gasteiger partial charge is 0.345 e. The van der Waals surface area contributed by atoms with E-state index in [2.05, 4.69) is 14.7 Å². The molecule has 1 aromatic carbocycles. The summed E-state index contributed by atoms with van der Waals surface area (Å²) in [5.41, 5.74) is 2.37. The maximum atomic E-state index is 11.9. The van der Waals surface area contributed by atoms with Gasteiger partial charge in [0.1, 0.15) is 0 Å². The molecular formula is C13H16ClN3O2S. The van der Waals surface area contributed by atoms with Crippen molar-refractivity contribution in [2.45, 2.75) is 6.92 Å². The lowest BCUT2D eigenvalue weighted by molar-refractivity contribution is 0.588. The first kappa shape index (κ1) is 14.9. The number of H-pyrrole nitrogens is 1. The van der Waals surface area contributed by atoms with E-state index >= 15 is 0 Å². The van der Waals surface area contributed by atoms with E-state index in [9.17, 15) is 8.42 Å². The van der Waals surface area contributed by atoms with Crippen LogP contribution in [0.15, 0.2) is 36.8 Å². The van der Waals surface area contributed by atoms with Gasteiger partial charge in [0.2, 0.25) is 10.0 Å². The van der Waals surface area contributed by atoms with Crippen molar-refractivity contribution in [3.05, 3.63) is 36.8 Å². The van der Waals surface area contributed by atoms with E-state index in [0.717, 1.165) is 11.3 Å². The molecule has 7 heteroatoms. The Balaban J connectivity index is 2.07. The van der Waals surface area contributed by atoms with Gasteiger partial charge in [-0.05, 0) is 23.6 Å². The van der Waals surface area contributed by atoms with Gasteiger partial charge < -0.3 is 4.98 Å². The normalized spacial score (nSPS) is 13.1. The van der Waals surface area contributed by atoms with Crippen molar-refractivity contribution in [3.63, 3.8) is 0 Å². The maximum Gasteiger partial charge on any atom is 0.233 e. The molecule has 108 valence electrons. The molecule has 5 nitrogen and oxygen atoms in total. The Bertz CT molecular complexity index is 639. The van der Waals surface area contributed by atoms with Crippen molar-refractivity contribution in [2.75, 3.05) is 16.4 Å². The number of anilines is 1. The summed E-state index contributed by atoms with van der Waals surface area (Å²) < 4.78 is 26.3. The molecule has 0 bridgehead atoms. The fourth-order valence-electron chi connectivity index (χ4n) is 1.77. The highest BCUT2D eigenvalue weighted by atomic mass is 35.5. The Morgan fingerprint density at radius 1 is 1.35 bits per heavy atom. The predicted octanol–water partition coefficient (Wildman–Crippen LogP) is 2.69. The van der Waals surface area contributed by atoms with Crippen molar-refractivity contribution < 1.29 is 8.42 Å². The predicted molar refractivity (Wildman–Crippen MR) is 81.3 cm³/mol. The summed E-state index contributed by atoms with van der Waals surface area (Å²) in [6.45, 7) is 1.80. The van der Waals surface area contributed by atoms with Crippen molar-refractivity contribution in [2.24, 2.45) is 5.92 Å². The van der Waals surface area contributed by atoms with Crippen LogP contribution in [0, 0.1) is 5.92 Å². The summed E-state index contributed by atoms with van der Waals surface area (Å²) in [5.74, 6) is 0.247. The number of aromatic amines is 1. The molecule has 20 heavy (non-hydrogen) atoms. The van der Waals surface area contributed by atoms with Gasteiger partial charge in [-0.3, -0.25) is 4.72 Å². The number of hydrogen-bond donors (Lipinski definition) is 2. The van der Waals surface area contributed by atoms with Gasteiger partial charge in [-0.2, -0.15) is 0 Å². The Kier molecular flexibility index (Phi) is 4.67. The minimum atomic E-state index is -3.37. The molecule has 0 spiro atoms. The Morgan fingerprint density at radius 3 is 2.60 bits per heavy atom. The number of sulfonamides is 1. The second kappa shape index (κ2) is 6.28. The van der Waals surface area contributed by atoms with Crippen LogP contribution in [0.4, 0.5) is 5.69 Å². The van der Waals surface area contributed by atoms with Gasteiger partial charge >= 0.3 is 0 Å². The summed E-state index contributed by atoms with van der Waals surface area (Å²) in [7, 11) is -3.37. The van der Waals surface area contributed by atoms with Crippen molar-refractivity contribution >= 4 is 27.3 Å². The molecule has 1 heterocycles. The molecule has 2 N–H and O–H groups in total. The van der Waals surface area contributed by atoms with Gasteiger partial charge in [-0.1, -0.05) is 19.1 Å². The van der Waals surface area contributed by atoms with Gasteiger partial charge in [-0.25, -0.2) is 13.4 Å². The van der Waals surface area contributed by atoms with Crippen LogP contribution in [0.1, 0.15) is 6.92 Å². The topological polar surface area (TPSA) is 74.8 Å². The molecule has 1 unspecified atom stereocenters. The standard InChI is InChI=1S/C13H16ClN3O2S/c1-10(6-14)8-20(18,19)17-12-4-2-11(3-5-12)13-7-15-9-16-13/h2-5,7,9-10,17H,6,8H2,1H3,(H,15,16). The second-order valence-electron chi connectivity index (χ2n) is 4.69. The first-order valence-corrected chi connectivity index (χ1v) is 8.34. The number of hydrogen-bond acceptors (Lipinski definition) is 3. The molecule has 0 aliphatic heterocycles. The van der Waals surface area contributed by atoms with E-state index < -0.39 is 10.0 Å². The molecule has 1 aromatic heterocycles. The molecule has 1 atom stereocenters. The molecule has 2 rings (SSSR count). The van der Waals surface area contributed by atoms with Crippen molar-refractivity contribution in [3.8, 4) is 11.3 Å². The lowest BCUT2D eigenvalue weighted by Crippen LogP contribution is -2.22. The number of nitrogens with zero attached hydrogens (tertiary/aromatic N) is 1. The van der Waals surface area contributed by atoms with E-state index in [0.29, 0.717) is 11.6 Å². The van der Waals surface area contributed by atoms with Crippen LogP contribution in [0.2, 0.25) is 0 Å². The average Bonchev–Trinajstić information content (AvgIpc) is 2.92. The summed E-state index contributed by atoms with van der Waals surface area (Å²) in [6, 6.07) is 7.10. The van der Waals surface area contributed by atoms with Crippen LogP contribution in [0.3, 0.4) is 0 Å². The van der Waals surface area contributed by atoms with Gasteiger partial charge in [-0.15, -0.1) is 11.6 Å². The third-order valence-electron chi connectivity index (χ3n) is 2.73. The lowest BCUT2D eigenvalue weighted by atomic mass is 10.1. The number of rotatable bonds is 6. The highest BCUT2D eigenvalue weighted by Crippen LogP contribution is 2.19. The summed E-state index contributed by atoms with van der Waals surface area (Å²) in [6.07, 6.45) is 3.31. The van der Waals surface area contributed by atoms with Crippen LogP contribution >= 0.6 is 11.6 Å². The van der Waals surface area contributed by atoms with E-state index in [1.165, 1.54) is 0 Å². The first-order chi connectivity index (χ1) is 9.50. The maximum absolute atomic E-state index is 11.9. The SMILES string of the molecule is CC(CCl)CS(=O)(=O)Nc1ccc(-c2cnc[nH]2)cc1. The molecule has 2 aromatic rings. The zero-order valence-electron chi connectivity index (χ0n) is 11.0. The Morgan fingerprint density at radius 2 is 2.05 bits per heavy atom. The van der Waals surface area contributed by atoms with Gasteiger partial charge in [0.15, 0.2) is 0 Å². The van der Waals surface area contributed by atoms with Gasteiger partial charge in [0.25, 0.3) is 0 Å². The molecular weight excluding hydrogens is 298 g/mol. The monoisotopic (exact) mass is 313 g/mol. The van der Waals surface area contributed by atoms with E-state index in [4.69, 9.17) is 11.6 Å². The lowest BCUT2D eigenvalue weighted by Gasteiger charge is -2.11. The van der Waals surface area contributed by atoms with Gasteiger partial charge in [0.05, 0.1) is 24.0 Å². The fraction of sp³-hybridized carbons (Fsp3) is 0.308. The third-order valence-corrected chi connectivity index (χ3v) is 4.82. The quantitative estimate of drug-likeness (QED) is 0.805. The molecule has 0 saturated heterocycles. The molecule has 0 aliphatic carbocycles. The summed E-state index contributed by atoms with van der Waals surface area (Å²) >= 11 is 5.64. The van der Waals surface area contributed by atoms with E-state index in [-0.39, 0.29) is 11.7 Å². The van der Waals surface area contributed by atoms with Crippen molar-refractivity contribution in [1.82, 2.24) is 9.97 Å². The Labute approximate surface area is 123 Å². The first-order valence-electron chi connectivity index (χ1n) is 6.15. The van der Waals surface area contributed by atoms with Crippen LogP contribution < -0.4 is 4.72 Å². The number of imidazole rings is 1. The summed E-state index contributed by atoms with van der Waals surface area (Å²) in [5, 5.41) is 0. The Hall–Kier alpha value is -1.53. The molecule has 0 saturated carbocycles. The van der Waals surface area contributed by atoms with Crippen LogP contribution in [-0.4, -0.2) is 30.0 Å². The number of benzene rings is 1. The average molecular weight is 314 g/mol. The fourth-order valence-corrected chi connectivity index (χ4v) is 3.46. The zero-order chi connectivity index (χ0) is 14.6. The van der Waals surface area contributed by atoms with Gasteiger partial charge in [0, 0.05) is 11.6 Å². The zero-order valence-corrected chi connectivity index (χ0v) is 12.6. The molecule has 0 fully saturated rings. The molecule has 0 aliphatic rings. The number of alkyl halides is 1. The number of halogens is 1. The minimum Gasteiger partial charge on any atom is -0.345 e. The summed E-state index contributed by atoms with van der Waals surface area (Å²) in [4.78, 5) is 6.93. The van der Waals surface area contributed by atoms with Crippen LogP contribution in [0.5, 0.6) is 0 Å². The smallest absolute Gasteiger partial charge is 0.233 e.